The second-order valence-electron chi connectivity index (χ2n) is 4.56. The van der Waals surface area contributed by atoms with Gasteiger partial charge in [0.1, 0.15) is 5.75 Å². The van der Waals surface area contributed by atoms with Crippen molar-refractivity contribution in [1.82, 2.24) is 15.1 Å². The standard InChI is InChI=1S/C15H13N3O2/c1-10-7-12(4-5-13(10)19)15-17-14(18-20-15)8-11-3-2-6-16-9-11/h2-7,9,19H,8H2,1H3. The molecular weight excluding hydrogens is 254 g/mol. The van der Waals surface area contributed by atoms with Crippen molar-refractivity contribution in [3.63, 3.8) is 0 Å². The van der Waals surface area contributed by atoms with Gasteiger partial charge in [0, 0.05) is 24.4 Å². The van der Waals surface area contributed by atoms with Crippen molar-refractivity contribution in [2.24, 2.45) is 0 Å². The first kappa shape index (κ1) is 12.3. The highest BCUT2D eigenvalue weighted by Gasteiger charge is 2.10. The Labute approximate surface area is 115 Å². The normalized spacial score (nSPS) is 10.7. The lowest BCUT2D eigenvalue weighted by molar-refractivity contribution is 0.423. The molecule has 0 atom stereocenters. The van der Waals surface area contributed by atoms with Crippen LogP contribution in [0.3, 0.4) is 0 Å². The fourth-order valence-electron chi connectivity index (χ4n) is 1.92. The lowest BCUT2D eigenvalue weighted by Crippen LogP contribution is -1.91. The highest BCUT2D eigenvalue weighted by molar-refractivity contribution is 5.56. The Hall–Kier alpha value is -2.69. The average molecular weight is 267 g/mol. The molecule has 0 aliphatic rings. The Morgan fingerprint density at radius 3 is 2.90 bits per heavy atom. The van der Waals surface area contributed by atoms with Gasteiger partial charge < -0.3 is 9.63 Å². The molecule has 20 heavy (non-hydrogen) atoms. The summed E-state index contributed by atoms with van der Waals surface area (Å²) in [6.45, 7) is 1.83. The van der Waals surface area contributed by atoms with Crippen LogP contribution in [0.5, 0.6) is 5.75 Å². The van der Waals surface area contributed by atoms with E-state index in [0.717, 1.165) is 16.7 Å². The Balaban J connectivity index is 1.84. The number of aryl methyl sites for hydroxylation is 1. The fraction of sp³-hybridized carbons (Fsp3) is 0.133. The number of rotatable bonds is 3. The van der Waals surface area contributed by atoms with E-state index in [9.17, 15) is 5.11 Å². The summed E-state index contributed by atoms with van der Waals surface area (Å²) in [6, 6.07) is 9.03. The number of phenolic OH excluding ortho intramolecular Hbond substituents is 1. The van der Waals surface area contributed by atoms with E-state index in [4.69, 9.17) is 4.52 Å². The highest BCUT2D eigenvalue weighted by Crippen LogP contribution is 2.24. The summed E-state index contributed by atoms with van der Waals surface area (Å²) in [6.07, 6.45) is 4.08. The lowest BCUT2D eigenvalue weighted by atomic mass is 10.1. The van der Waals surface area contributed by atoms with Crippen LogP contribution in [0.15, 0.2) is 47.2 Å². The third-order valence-electron chi connectivity index (χ3n) is 3.00. The van der Waals surface area contributed by atoms with Crippen LogP contribution in [0.2, 0.25) is 0 Å². The van der Waals surface area contributed by atoms with Gasteiger partial charge in [0.15, 0.2) is 5.82 Å². The molecule has 0 saturated heterocycles. The van der Waals surface area contributed by atoms with E-state index in [1.165, 1.54) is 0 Å². The maximum absolute atomic E-state index is 9.52. The summed E-state index contributed by atoms with van der Waals surface area (Å²) in [5, 5.41) is 13.5. The number of aromatic nitrogens is 3. The Kier molecular flexibility index (Phi) is 3.16. The zero-order valence-electron chi connectivity index (χ0n) is 10.9. The van der Waals surface area contributed by atoms with Gasteiger partial charge in [-0.15, -0.1) is 0 Å². The molecule has 5 nitrogen and oxygen atoms in total. The maximum atomic E-state index is 9.52. The third kappa shape index (κ3) is 2.51. The van der Waals surface area contributed by atoms with Crippen molar-refractivity contribution >= 4 is 0 Å². The van der Waals surface area contributed by atoms with E-state index in [1.54, 1.807) is 24.5 Å². The van der Waals surface area contributed by atoms with Crippen LogP contribution in [0.25, 0.3) is 11.5 Å². The zero-order chi connectivity index (χ0) is 13.9. The summed E-state index contributed by atoms with van der Waals surface area (Å²) in [5.41, 5.74) is 2.60. The van der Waals surface area contributed by atoms with Crippen LogP contribution in [0.1, 0.15) is 17.0 Å². The lowest BCUT2D eigenvalue weighted by Gasteiger charge is -1.99. The Morgan fingerprint density at radius 1 is 1.25 bits per heavy atom. The predicted molar refractivity (Wildman–Crippen MR) is 73.2 cm³/mol. The molecule has 100 valence electrons. The summed E-state index contributed by atoms with van der Waals surface area (Å²) in [4.78, 5) is 8.41. The van der Waals surface area contributed by atoms with Gasteiger partial charge in [0.25, 0.3) is 5.89 Å². The molecule has 0 aliphatic heterocycles. The van der Waals surface area contributed by atoms with E-state index >= 15 is 0 Å². The number of benzene rings is 1. The Morgan fingerprint density at radius 2 is 2.15 bits per heavy atom. The molecule has 0 saturated carbocycles. The van der Waals surface area contributed by atoms with Crippen LogP contribution >= 0.6 is 0 Å². The SMILES string of the molecule is Cc1cc(-c2nc(Cc3cccnc3)no2)ccc1O. The molecule has 1 N–H and O–H groups in total. The van der Waals surface area contributed by atoms with Gasteiger partial charge in [0.05, 0.1) is 0 Å². The smallest absolute Gasteiger partial charge is 0.257 e. The van der Waals surface area contributed by atoms with Crippen molar-refractivity contribution in [1.29, 1.82) is 0 Å². The molecule has 2 aromatic heterocycles. The molecule has 2 heterocycles. The van der Waals surface area contributed by atoms with E-state index in [-0.39, 0.29) is 5.75 Å². The van der Waals surface area contributed by atoms with Crippen molar-refractivity contribution in [3.05, 3.63) is 59.7 Å². The summed E-state index contributed by atoms with van der Waals surface area (Å²) in [7, 11) is 0. The van der Waals surface area contributed by atoms with Crippen LogP contribution in [-0.4, -0.2) is 20.2 Å². The van der Waals surface area contributed by atoms with Crippen LogP contribution in [0, 0.1) is 6.92 Å². The van der Waals surface area contributed by atoms with Crippen molar-refractivity contribution in [2.75, 3.05) is 0 Å². The molecule has 0 bridgehead atoms. The maximum Gasteiger partial charge on any atom is 0.257 e. The number of hydrogen-bond donors (Lipinski definition) is 1. The van der Waals surface area contributed by atoms with Crippen LogP contribution < -0.4 is 0 Å². The molecule has 3 aromatic rings. The minimum atomic E-state index is 0.254. The number of hydrogen-bond acceptors (Lipinski definition) is 5. The monoisotopic (exact) mass is 267 g/mol. The first-order chi connectivity index (χ1) is 9.72. The molecule has 0 unspecified atom stereocenters. The van der Waals surface area contributed by atoms with Gasteiger partial charge >= 0.3 is 0 Å². The number of nitrogens with zero attached hydrogens (tertiary/aromatic N) is 3. The summed E-state index contributed by atoms with van der Waals surface area (Å²) < 4.78 is 5.25. The number of phenols is 1. The van der Waals surface area contributed by atoms with Crippen molar-refractivity contribution in [2.45, 2.75) is 13.3 Å². The van der Waals surface area contributed by atoms with Gasteiger partial charge in [-0.1, -0.05) is 11.2 Å². The molecule has 0 radical (unpaired) electrons. The van der Waals surface area contributed by atoms with E-state index in [2.05, 4.69) is 15.1 Å². The molecule has 0 fully saturated rings. The molecule has 5 heteroatoms. The molecule has 0 amide bonds. The van der Waals surface area contributed by atoms with E-state index < -0.39 is 0 Å². The average Bonchev–Trinajstić information content (AvgIpc) is 2.91. The van der Waals surface area contributed by atoms with Gasteiger partial charge in [-0.3, -0.25) is 4.98 Å². The van der Waals surface area contributed by atoms with Crippen molar-refractivity contribution in [3.8, 4) is 17.2 Å². The predicted octanol–water partition coefficient (Wildman–Crippen LogP) is 2.74. The van der Waals surface area contributed by atoms with Gasteiger partial charge in [0.2, 0.25) is 0 Å². The van der Waals surface area contributed by atoms with Gasteiger partial charge in [-0.2, -0.15) is 4.98 Å². The quantitative estimate of drug-likeness (QED) is 0.790. The summed E-state index contributed by atoms with van der Waals surface area (Å²) >= 11 is 0. The van der Waals surface area contributed by atoms with E-state index in [0.29, 0.717) is 18.1 Å². The minimum Gasteiger partial charge on any atom is -0.508 e. The first-order valence-electron chi connectivity index (χ1n) is 6.24. The second kappa shape index (κ2) is 5.13. The molecule has 0 spiro atoms. The topological polar surface area (TPSA) is 72.0 Å². The summed E-state index contributed by atoms with van der Waals surface area (Å²) in [5.74, 6) is 1.31. The van der Waals surface area contributed by atoms with E-state index in [1.807, 2.05) is 25.1 Å². The first-order valence-corrected chi connectivity index (χ1v) is 6.24. The van der Waals surface area contributed by atoms with Crippen LogP contribution in [-0.2, 0) is 6.42 Å². The van der Waals surface area contributed by atoms with Gasteiger partial charge in [-0.05, 0) is 42.3 Å². The molecular formula is C15H13N3O2. The molecule has 1 aromatic carbocycles. The third-order valence-corrected chi connectivity index (χ3v) is 3.00. The number of aromatic hydroxyl groups is 1. The van der Waals surface area contributed by atoms with Gasteiger partial charge in [-0.25, -0.2) is 0 Å². The minimum absolute atomic E-state index is 0.254. The zero-order valence-corrected chi connectivity index (χ0v) is 10.9. The fourth-order valence-corrected chi connectivity index (χ4v) is 1.92. The highest BCUT2D eigenvalue weighted by atomic mass is 16.5. The largest absolute Gasteiger partial charge is 0.508 e. The number of pyridine rings is 1. The molecule has 3 rings (SSSR count). The van der Waals surface area contributed by atoms with Crippen molar-refractivity contribution < 1.29 is 9.63 Å². The molecule has 0 aliphatic carbocycles. The van der Waals surface area contributed by atoms with Crippen LogP contribution in [0.4, 0.5) is 0 Å². The Bertz CT molecular complexity index is 723. The second-order valence-corrected chi connectivity index (χ2v) is 4.56.